The Hall–Kier alpha value is -5.76. The van der Waals surface area contributed by atoms with Gasteiger partial charge in [-0.05, 0) is 77.8 Å². The second-order valence-corrected chi connectivity index (χ2v) is 14.0. The molecule has 2 N–H and O–H groups in total. The van der Waals surface area contributed by atoms with Gasteiger partial charge in [0.05, 0.1) is 24.4 Å². The smallest absolute Gasteiger partial charge is 0.233 e. The molecule has 4 aromatic carbocycles. The molecule has 1 aliphatic heterocycles. The van der Waals surface area contributed by atoms with Crippen LogP contribution in [0.25, 0.3) is 5.57 Å². The summed E-state index contributed by atoms with van der Waals surface area (Å²) in [5, 5.41) is 20.8. The van der Waals surface area contributed by atoms with E-state index in [4.69, 9.17) is 4.74 Å². The molecule has 256 valence electrons. The number of phenolic OH excluding ortho intramolecular Hbond substituents is 2. The molecule has 2 amide bonds. The second kappa shape index (κ2) is 12.5. The van der Waals surface area contributed by atoms with Crippen molar-refractivity contribution < 1.29 is 34.1 Å². The molecule has 3 aliphatic carbocycles. The van der Waals surface area contributed by atoms with Gasteiger partial charge < -0.3 is 14.9 Å². The van der Waals surface area contributed by atoms with Gasteiger partial charge in [0.1, 0.15) is 5.75 Å². The minimum absolute atomic E-state index is 0.103. The van der Waals surface area contributed by atoms with Crippen LogP contribution in [-0.4, -0.2) is 52.1 Å². The lowest BCUT2D eigenvalue weighted by molar-refractivity contribution is -0.140. The molecule has 2 fully saturated rings. The van der Waals surface area contributed by atoms with Crippen LogP contribution >= 0.6 is 0 Å². The molecule has 8 rings (SSSR count). The van der Waals surface area contributed by atoms with Crippen LogP contribution in [0.4, 0.5) is 0 Å². The summed E-state index contributed by atoms with van der Waals surface area (Å²) in [6.45, 7) is 0.197. The number of nitrogens with zero attached hydrogens (tertiary/aromatic N) is 1. The Morgan fingerprint density at radius 2 is 1.53 bits per heavy atom. The standard InChI is InChI=1S/C43H37NO7/c1-51-36-19-14-27(22-35(36)46)39-30-17-18-31-38(42(50)44(41(31)49)21-20-25-12-15-29(45)16-13-25)33(30)23-34-40(48)32(26-8-4-2-5-9-26)24-37(47)43(34,39)28-10-6-3-7-11-28/h2-17,19,22,24,31,33-34,38-39,45-46H,18,20-21,23H2,1H3/t31-,33+,34-,38-,39-,43-/m0/s1. The molecule has 0 bridgehead atoms. The van der Waals surface area contributed by atoms with Gasteiger partial charge in [0.2, 0.25) is 11.8 Å². The van der Waals surface area contributed by atoms with E-state index in [1.807, 2.05) is 72.8 Å². The first-order valence-corrected chi connectivity index (χ1v) is 17.3. The number of ketones is 2. The molecule has 8 nitrogen and oxygen atoms in total. The lowest BCUT2D eigenvalue weighted by atomic mass is 9.44. The number of imide groups is 1. The molecule has 0 radical (unpaired) electrons. The van der Waals surface area contributed by atoms with Crippen LogP contribution in [0.3, 0.4) is 0 Å². The summed E-state index contributed by atoms with van der Waals surface area (Å²) < 4.78 is 5.37. The lowest BCUT2D eigenvalue weighted by Crippen LogP contribution is -2.58. The normalized spacial score (nSPS) is 26.9. The second-order valence-electron chi connectivity index (χ2n) is 14.0. The fourth-order valence-electron chi connectivity index (χ4n) is 9.32. The topological polar surface area (TPSA) is 121 Å². The highest BCUT2D eigenvalue weighted by Crippen LogP contribution is 2.64. The van der Waals surface area contributed by atoms with Gasteiger partial charge in [-0.3, -0.25) is 24.1 Å². The Kier molecular flexibility index (Phi) is 7.97. The minimum Gasteiger partial charge on any atom is -0.508 e. The molecule has 1 heterocycles. The molecule has 0 spiro atoms. The summed E-state index contributed by atoms with van der Waals surface area (Å²) in [5.74, 6) is -3.96. The van der Waals surface area contributed by atoms with E-state index in [1.165, 1.54) is 18.1 Å². The largest absolute Gasteiger partial charge is 0.508 e. The summed E-state index contributed by atoms with van der Waals surface area (Å²) in [7, 11) is 1.46. The number of fused-ring (bicyclic) bond motifs is 4. The first-order valence-electron chi connectivity index (χ1n) is 17.3. The van der Waals surface area contributed by atoms with E-state index in [0.717, 1.165) is 11.1 Å². The first-order chi connectivity index (χ1) is 24.7. The number of carbonyl (C=O) groups excluding carboxylic acids is 4. The van der Waals surface area contributed by atoms with E-state index in [1.54, 1.807) is 36.4 Å². The number of ether oxygens (including phenoxy) is 1. The fourth-order valence-corrected chi connectivity index (χ4v) is 9.32. The Morgan fingerprint density at radius 1 is 0.824 bits per heavy atom. The van der Waals surface area contributed by atoms with Crippen molar-refractivity contribution in [2.45, 2.75) is 30.6 Å². The Bertz CT molecular complexity index is 2120. The van der Waals surface area contributed by atoms with E-state index in [9.17, 15) is 24.6 Å². The minimum atomic E-state index is -1.38. The van der Waals surface area contributed by atoms with Crippen molar-refractivity contribution in [1.82, 2.24) is 4.90 Å². The van der Waals surface area contributed by atoms with Gasteiger partial charge in [-0.25, -0.2) is 0 Å². The van der Waals surface area contributed by atoms with Crippen LogP contribution in [0.1, 0.15) is 41.0 Å². The van der Waals surface area contributed by atoms with E-state index < -0.39 is 35.0 Å². The van der Waals surface area contributed by atoms with E-state index in [2.05, 4.69) is 0 Å². The third-order valence-electron chi connectivity index (χ3n) is 11.6. The maximum Gasteiger partial charge on any atom is 0.233 e. The monoisotopic (exact) mass is 679 g/mol. The van der Waals surface area contributed by atoms with Gasteiger partial charge >= 0.3 is 0 Å². The van der Waals surface area contributed by atoms with E-state index in [-0.39, 0.29) is 53.6 Å². The quantitative estimate of drug-likeness (QED) is 0.177. The number of Topliss-reactive ketones (excluding diaryl/α,β-unsaturated/α-hetero) is 1. The highest BCUT2D eigenvalue weighted by molar-refractivity contribution is 6.31. The number of rotatable bonds is 7. The lowest BCUT2D eigenvalue weighted by Gasteiger charge is -2.55. The number of hydrogen-bond donors (Lipinski definition) is 2. The Labute approximate surface area is 295 Å². The number of allylic oxidation sites excluding steroid dienone is 4. The van der Waals surface area contributed by atoms with Crippen molar-refractivity contribution in [3.63, 3.8) is 0 Å². The number of amides is 2. The number of likely N-dealkylation sites (tertiary alicyclic amines) is 1. The van der Waals surface area contributed by atoms with Gasteiger partial charge in [-0.1, -0.05) is 90.5 Å². The highest BCUT2D eigenvalue weighted by Gasteiger charge is 2.65. The third-order valence-corrected chi connectivity index (χ3v) is 11.6. The van der Waals surface area contributed by atoms with Gasteiger partial charge in [0, 0.05) is 24.0 Å². The molecular formula is C43H37NO7. The number of carbonyl (C=O) groups is 4. The molecule has 1 saturated heterocycles. The molecular weight excluding hydrogens is 642 g/mol. The Morgan fingerprint density at radius 3 is 2.22 bits per heavy atom. The van der Waals surface area contributed by atoms with Crippen molar-refractivity contribution in [3.05, 3.63) is 143 Å². The first kappa shape index (κ1) is 32.4. The van der Waals surface area contributed by atoms with Crippen molar-refractivity contribution in [1.29, 1.82) is 0 Å². The van der Waals surface area contributed by atoms with Gasteiger partial charge in [0.25, 0.3) is 0 Å². The molecule has 0 unspecified atom stereocenters. The van der Waals surface area contributed by atoms with Gasteiger partial charge in [-0.15, -0.1) is 0 Å². The summed E-state index contributed by atoms with van der Waals surface area (Å²) >= 11 is 0. The summed E-state index contributed by atoms with van der Waals surface area (Å²) in [6, 6.07) is 30.3. The predicted molar refractivity (Wildman–Crippen MR) is 190 cm³/mol. The molecule has 8 heteroatoms. The van der Waals surface area contributed by atoms with Crippen molar-refractivity contribution in [2.75, 3.05) is 13.7 Å². The predicted octanol–water partition coefficient (Wildman–Crippen LogP) is 6.17. The average Bonchev–Trinajstić information content (AvgIpc) is 3.40. The van der Waals surface area contributed by atoms with Crippen molar-refractivity contribution in [3.8, 4) is 17.2 Å². The SMILES string of the molecule is COc1ccc([C@H]2C3=CC[C@@H]4C(=O)N(CCc5ccc(O)cc5)C(=O)[C@@H]4[C@@H]3C[C@H]3C(=O)C(c4ccccc4)=CC(=O)[C@@]23c2ccccc2)cc1O. The zero-order valence-electron chi connectivity index (χ0n) is 28.1. The van der Waals surface area contributed by atoms with Gasteiger partial charge in [0.15, 0.2) is 23.1 Å². The maximum atomic E-state index is 15.1. The summed E-state index contributed by atoms with van der Waals surface area (Å²) in [4.78, 5) is 59.8. The number of phenols is 2. The van der Waals surface area contributed by atoms with Crippen LogP contribution in [0, 0.1) is 23.7 Å². The van der Waals surface area contributed by atoms with Crippen molar-refractivity contribution in [2.24, 2.45) is 23.7 Å². The van der Waals surface area contributed by atoms with Crippen LogP contribution < -0.4 is 4.74 Å². The summed E-state index contributed by atoms with van der Waals surface area (Å²) in [6.07, 6.45) is 4.47. The van der Waals surface area contributed by atoms with Crippen LogP contribution in [0.15, 0.2) is 121 Å². The zero-order valence-corrected chi connectivity index (χ0v) is 28.1. The number of methoxy groups -OCH3 is 1. The number of benzene rings is 4. The van der Waals surface area contributed by atoms with Crippen LogP contribution in [0.2, 0.25) is 0 Å². The maximum absolute atomic E-state index is 15.1. The van der Waals surface area contributed by atoms with Crippen molar-refractivity contribution >= 4 is 29.0 Å². The Balaban J connectivity index is 1.29. The number of hydrogen-bond acceptors (Lipinski definition) is 7. The molecule has 6 atom stereocenters. The summed E-state index contributed by atoms with van der Waals surface area (Å²) in [5.41, 5.74) is 2.62. The van der Waals surface area contributed by atoms with Gasteiger partial charge in [-0.2, -0.15) is 0 Å². The molecule has 4 aromatic rings. The molecule has 51 heavy (non-hydrogen) atoms. The fraction of sp³-hybridized carbons (Fsp3) is 0.256. The van der Waals surface area contributed by atoms with E-state index >= 15 is 4.79 Å². The average molecular weight is 680 g/mol. The zero-order chi connectivity index (χ0) is 35.4. The highest BCUT2D eigenvalue weighted by atomic mass is 16.5. The molecule has 4 aliphatic rings. The van der Waals surface area contributed by atoms with Crippen LogP contribution in [-0.2, 0) is 31.0 Å². The number of aromatic hydroxyl groups is 2. The van der Waals surface area contributed by atoms with Crippen LogP contribution in [0.5, 0.6) is 17.2 Å². The van der Waals surface area contributed by atoms with E-state index in [0.29, 0.717) is 35.1 Å². The molecule has 1 saturated carbocycles. The molecule has 0 aromatic heterocycles. The third kappa shape index (κ3) is 5.03.